The van der Waals surface area contributed by atoms with Gasteiger partial charge in [0.1, 0.15) is 0 Å². The van der Waals surface area contributed by atoms with Crippen molar-refractivity contribution in [3.8, 4) is 0 Å². The molecule has 1 N–H and O–H groups in total. The standard InChI is InChI=1S/C18H17N/c1-3-7-13-11-12-16-15-9-5-6-10-17(15)19-18(16)14(13)8-4-2/h3-6,9-12,19H,1-2,7-8H2. The minimum absolute atomic E-state index is 0.882. The smallest absolute Gasteiger partial charge is 0.0503 e. The lowest BCUT2D eigenvalue weighted by Gasteiger charge is -2.07. The van der Waals surface area contributed by atoms with Gasteiger partial charge in [-0.15, -0.1) is 13.2 Å². The molecule has 0 unspecified atom stereocenters. The zero-order valence-corrected chi connectivity index (χ0v) is 10.9. The van der Waals surface area contributed by atoms with Crippen molar-refractivity contribution in [3.63, 3.8) is 0 Å². The highest BCUT2D eigenvalue weighted by molar-refractivity contribution is 6.08. The van der Waals surface area contributed by atoms with Crippen molar-refractivity contribution < 1.29 is 0 Å². The molecule has 1 aromatic heterocycles. The molecule has 19 heavy (non-hydrogen) atoms. The third-order valence-corrected chi connectivity index (χ3v) is 3.60. The van der Waals surface area contributed by atoms with Crippen LogP contribution in [0.15, 0.2) is 61.7 Å². The molecule has 0 aliphatic heterocycles. The first kappa shape index (κ1) is 11.8. The maximum Gasteiger partial charge on any atom is 0.0503 e. The largest absolute Gasteiger partial charge is 0.354 e. The maximum absolute atomic E-state index is 3.88. The number of H-pyrrole nitrogens is 1. The Balaban J connectivity index is 2.37. The molecule has 0 bridgehead atoms. The number of benzene rings is 2. The number of allylic oxidation sites excluding steroid dienone is 2. The summed E-state index contributed by atoms with van der Waals surface area (Å²) in [5, 5.41) is 2.58. The molecule has 0 spiro atoms. The van der Waals surface area contributed by atoms with Crippen LogP contribution in [0.1, 0.15) is 11.1 Å². The summed E-state index contributed by atoms with van der Waals surface area (Å²) in [7, 11) is 0. The molecule has 1 nitrogen and oxygen atoms in total. The molecule has 3 rings (SSSR count). The molecule has 0 aliphatic rings. The summed E-state index contributed by atoms with van der Waals surface area (Å²) in [4.78, 5) is 3.55. The number of nitrogens with one attached hydrogen (secondary N) is 1. The number of hydrogen-bond donors (Lipinski definition) is 1. The fourth-order valence-corrected chi connectivity index (χ4v) is 2.74. The predicted molar refractivity (Wildman–Crippen MR) is 83.6 cm³/mol. The van der Waals surface area contributed by atoms with Crippen molar-refractivity contribution in [2.24, 2.45) is 0 Å². The highest BCUT2D eigenvalue weighted by Crippen LogP contribution is 2.30. The first-order chi connectivity index (χ1) is 9.35. The zero-order chi connectivity index (χ0) is 13.2. The van der Waals surface area contributed by atoms with Gasteiger partial charge in [0.05, 0.1) is 5.52 Å². The topological polar surface area (TPSA) is 15.8 Å². The van der Waals surface area contributed by atoms with Crippen LogP contribution >= 0.6 is 0 Å². The summed E-state index contributed by atoms with van der Waals surface area (Å²) in [5.74, 6) is 0. The predicted octanol–water partition coefficient (Wildman–Crippen LogP) is 4.78. The van der Waals surface area contributed by atoms with Gasteiger partial charge in [0.2, 0.25) is 0 Å². The Kier molecular flexibility index (Phi) is 2.96. The molecule has 1 heteroatoms. The molecule has 0 atom stereocenters. The third-order valence-electron chi connectivity index (χ3n) is 3.60. The van der Waals surface area contributed by atoms with Crippen molar-refractivity contribution in [2.75, 3.05) is 0 Å². The zero-order valence-electron chi connectivity index (χ0n) is 10.9. The average molecular weight is 247 g/mol. The van der Waals surface area contributed by atoms with Crippen molar-refractivity contribution in [2.45, 2.75) is 12.8 Å². The van der Waals surface area contributed by atoms with Gasteiger partial charge < -0.3 is 4.98 Å². The fourth-order valence-electron chi connectivity index (χ4n) is 2.74. The minimum atomic E-state index is 0.882. The molecule has 0 saturated heterocycles. The quantitative estimate of drug-likeness (QED) is 0.639. The van der Waals surface area contributed by atoms with E-state index in [1.54, 1.807) is 0 Å². The van der Waals surface area contributed by atoms with Crippen molar-refractivity contribution in [1.29, 1.82) is 0 Å². The van der Waals surface area contributed by atoms with E-state index in [0.717, 1.165) is 12.8 Å². The maximum atomic E-state index is 3.88. The Morgan fingerprint density at radius 2 is 1.68 bits per heavy atom. The van der Waals surface area contributed by atoms with E-state index in [1.165, 1.54) is 32.9 Å². The van der Waals surface area contributed by atoms with E-state index in [9.17, 15) is 0 Å². The average Bonchev–Trinajstić information content (AvgIpc) is 2.81. The van der Waals surface area contributed by atoms with E-state index in [0.29, 0.717) is 0 Å². The van der Waals surface area contributed by atoms with E-state index < -0.39 is 0 Å². The summed E-state index contributed by atoms with van der Waals surface area (Å²) < 4.78 is 0. The van der Waals surface area contributed by atoms with E-state index in [-0.39, 0.29) is 0 Å². The van der Waals surface area contributed by atoms with E-state index >= 15 is 0 Å². The van der Waals surface area contributed by atoms with Crippen LogP contribution in [0.3, 0.4) is 0 Å². The van der Waals surface area contributed by atoms with Crippen LogP contribution in [0.5, 0.6) is 0 Å². The Morgan fingerprint density at radius 3 is 2.47 bits per heavy atom. The highest BCUT2D eigenvalue weighted by atomic mass is 14.7. The lowest BCUT2D eigenvalue weighted by atomic mass is 9.98. The molecule has 1 heterocycles. The molecule has 0 aliphatic carbocycles. The van der Waals surface area contributed by atoms with Crippen molar-refractivity contribution >= 4 is 21.8 Å². The van der Waals surface area contributed by atoms with Crippen LogP contribution in [-0.2, 0) is 12.8 Å². The molecular formula is C18H17N. The summed E-state index contributed by atoms with van der Waals surface area (Å²) in [6.07, 6.45) is 5.70. The molecule has 3 aromatic rings. The summed E-state index contributed by atoms with van der Waals surface area (Å²) in [6.45, 7) is 7.72. The van der Waals surface area contributed by atoms with Crippen LogP contribution < -0.4 is 0 Å². The van der Waals surface area contributed by atoms with Gasteiger partial charge in [0.25, 0.3) is 0 Å². The Hall–Kier alpha value is -2.28. The normalized spacial score (nSPS) is 10.9. The fraction of sp³-hybridized carbons (Fsp3) is 0.111. The molecule has 94 valence electrons. The Bertz CT molecular complexity index is 762. The lowest BCUT2D eigenvalue weighted by Crippen LogP contribution is -1.93. The number of para-hydroxylation sites is 1. The number of aromatic amines is 1. The monoisotopic (exact) mass is 247 g/mol. The Labute approximate surface area is 113 Å². The van der Waals surface area contributed by atoms with Crippen LogP contribution in [0.2, 0.25) is 0 Å². The number of hydrogen-bond acceptors (Lipinski definition) is 0. The third kappa shape index (κ3) is 1.88. The Morgan fingerprint density at radius 1 is 0.895 bits per heavy atom. The van der Waals surface area contributed by atoms with E-state index in [4.69, 9.17) is 0 Å². The summed E-state index contributed by atoms with van der Waals surface area (Å²) >= 11 is 0. The molecule has 2 aromatic carbocycles. The molecule has 0 fully saturated rings. The van der Waals surface area contributed by atoms with Gasteiger partial charge in [-0.3, -0.25) is 0 Å². The SMILES string of the molecule is C=CCc1ccc2c([nH]c3ccccc32)c1CC=C. The molecular weight excluding hydrogens is 230 g/mol. The van der Waals surface area contributed by atoms with Gasteiger partial charge in [0, 0.05) is 16.3 Å². The van der Waals surface area contributed by atoms with Crippen molar-refractivity contribution in [1.82, 2.24) is 4.98 Å². The molecule has 0 amide bonds. The van der Waals surface area contributed by atoms with Gasteiger partial charge >= 0.3 is 0 Å². The lowest BCUT2D eigenvalue weighted by molar-refractivity contribution is 1.17. The van der Waals surface area contributed by atoms with Crippen LogP contribution in [0.25, 0.3) is 21.8 Å². The number of rotatable bonds is 4. The number of fused-ring (bicyclic) bond motifs is 3. The van der Waals surface area contributed by atoms with E-state index in [1.807, 2.05) is 12.2 Å². The molecule has 0 radical (unpaired) electrons. The molecule has 0 saturated carbocycles. The first-order valence-corrected chi connectivity index (χ1v) is 6.58. The summed E-state index contributed by atoms with van der Waals surface area (Å²) in [5.41, 5.74) is 5.09. The van der Waals surface area contributed by atoms with Crippen LogP contribution in [-0.4, -0.2) is 4.98 Å². The summed E-state index contributed by atoms with van der Waals surface area (Å²) in [6, 6.07) is 12.9. The minimum Gasteiger partial charge on any atom is -0.354 e. The van der Waals surface area contributed by atoms with Crippen LogP contribution in [0.4, 0.5) is 0 Å². The van der Waals surface area contributed by atoms with Crippen LogP contribution in [0, 0.1) is 0 Å². The van der Waals surface area contributed by atoms with Crippen molar-refractivity contribution in [3.05, 3.63) is 72.8 Å². The second-order valence-electron chi connectivity index (χ2n) is 4.78. The van der Waals surface area contributed by atoms with Gasteiger partial charge in [-0.2, -0.15) is 0 Å². The van der Waals surface area contributed by atoms with Gasteiger partial charge in [-0.1, -0.05) is 42.5 Å². The highest BCUT2D eigenvalue weighted by Gasteiger charge is 2.10. The van der Waals surface area contributed by atoms with Gasteiger partial charge in [-0.05, 0) is 30.0 Å². The van der Waals surface area contributed by atoms with E-state index in [2.05, 4.69) is 54.5 Å². The second-order valence-corrected chi connectivity index (χ2v) is 4.78. The van der Waals surface area contributed by atoms with Gasteiger partial charge in [-0.25, -0.2) is 0 Å². The second kappa shape index (κ2) is 4.77. The van der Waals surface area contributed by atoms with Gasteiger partial charge in [0.15, 0.2) is 0 Å². The number of aromatic nitrogens is 1. The first-order valence-electron chi connectivity index (χ1n) is 6.58.